The molecule has 2 atom stereocenters. The number of carbonyl (C=O) groups is 4. The third kappa shape index (κ3) is 16.5. The predicted molar refractivity (Wildman–Crippen MR) is 129 cm³/mol. The third-order valence-corrected chi connectivity index (χ3v) is 5.94. The summed E-state index contributed by atoms with van der Waals surface area (Å²) in [7, 11) is 2.15. The average Bonchev–Trinajstić information content (AvgIpc) is 2.82. The lowest BCUT2D eigenvalue weighted by Crippen LogP contribution is -2.41. The molecule has 0 saturated carbocycles. The second-order valence-corrected chi connectivity index (χ2v) is 8.86. The highest BCUT2D eigenvalue weighted by molar-refractivity contribution is 5.88. The van der Waals surface area contributed by atoms with Crippen LogP contribution in [0.1, 0.15) is 116 Å². The summed E-state index contributed by atoms with van der Waals surface area (Å²) in [6.45, 7) is 2.24. The number of hydrogen-bond acceptors (Lipinski definition) is 7. The Morgan fingerprint density at radius 1 is 0.647 bits per heavy atom. The third-order valence-electron chi connectivity index (χ3n) is 5.94. The van der Waals surface area contributed by atoms with Gasteiger partial charge in [-0.05, 0) is 6.42 Å². The van der Waals surface area contributed by atoms with Gasteiger partial charge in [0.05, 0.1) is 20.6 Å². The van der Waals surface area contributed by atoms with Gasteiger partial charge in [0.15, 0.2) is 0 Å². The number of methoxy groups -OCH3 is 2. The lowest BCUT2D eigenvalue weighted by molar-refractivity contribution is -0.177. The zero-order valence-corrected chi connectivity index (χ0v) is 21.5. The average molecular weight is 487 g/mol. The molecule has 1 N–H and O–H groups in total. The molecule has 0 amide bonds. The molecule has 0 bridgehead atoms. The number of aliphatic carboxylic acids is 1. The van der Waals surface area contributed by atoms with E-state index in [0.717, 1.165) is 33.5 Å². The van der Waals surface area contributed by atoms with Crippen LogP contribution < -0.4 is 0 Å². The van der Waals surface area contributed by atoms with Crippen molar-refractivity contribution in [3.63, 3.8) is 0 Å². The first kappa shape index (κ1) is 31.9. The zero-order valence-electron chi connectivity index (χ0n) is 21.5. The van der Waals surface area contributed by atoms with Gasteiger partial charge in [0.1, 0.15) is 5.92 Å². The summed E-state index contributed by atoms with van der Waals surface area (Å²) in [5.41, 5.74) is 0. The monoisotopic (exact) mass is 486 g/mol. The second-order valence-electron chi connectivity index (χ2n) is 8.86. The maximum Gasteiger partial charge on any atom is 0.348 e. The van der Waals surface area contributed by atoms with E-state index >= 15 is 0 Å². The molecule has 0 aromatic rings. The maximum atomic E-state index is 12.2. The van der Waals surface area contributed by atoms with Crippen molar-refractivity contribution < 1.29 is 38.5 Å². The van der Waals surface area contributed by atoms with E-state index in [2.05, 4.69) is 16.4 Å². The summed E-state index contributed by atoms with van der Waals surface area (Å²) in [5, 5.41) is 9.02. The first-order chi connectivity index (χ1) is 16.4. The number of rotatable bonds is 22. The van der Waals surface area contributed by atoms with Gasteiger partial charge in [-0.25, -0.2) is 4.79 Å². The van der Waals surface area contributed by atoms with Gasteiger partial charge in [-0.15, -0.1) is 0 Å². The normalized spacial score (nSPS) is 12.6. The van der Waals surface area contributed by atoms with Gasteiger partial charge in [-0.3, -0.25) is 14.4 Å². The minimum absolute atomic E-state index is 0.0900. The van der Waals surface area contributed by atoms with E-state index in [1.807, 2.05) is 0 Å². The van der Waals surface area contributed by atoms with Crippen LogP contribution in [-0.2, 0) is 33.4 Å². The Bertz CT molecular complexity index is 575. The molecule has 8 nitrogen and oxygen atoms in total. The van der Waals surface area contributed by atoms with E-state index in [-0.39, 0.29) is 6.42 Å². The SMILES string of the molecule is CCCCCCCCCCCCCCCCCC(=O)O[C@H](C(=O)OC)[C@@H](CC(=O)O)C(=O)OC. The number of ether oxygens (including phenoxy) is 3. The van der Waals surface area contributed by atoms with Gasteiger partial charge in [0.2, 0.25) is 6.10 Å². The molecule has 0 spiro atoms. The first-order valence-electron chi connectivity index (χ1n) is 12.9. The first-order valence-corrected chi connectivity index (χ1v) is 12.9. The molecular formula is C26H46O8. The number of hydrogen-bond donors (Lipinski definition) is 1. The highest BCUT2D eigenvalue weighted by Gasteiger charge is 2.40. The molecule has 0 fully saturated rings. The lowest BCUT2D eigenvalue weighted by Gasteiger charge is -2.22. The molecule has 0 saturated heterocycles. The van der Waals surface area contributed by atoms with E-state index in [1.54, 1.807) is 0 Å². The number of carbonyl (C=O) groups excluding carboxylic acids is 3. The second kappa shape index (κ2) is 21.4. The fourth-order valence-electron chi connectivity index (χ4n) is 3.91. The fourth-order valence-corrected chi connectivity index (χ4v) is 3.91. The molecular weight excluding hydrogens is 440 g/mol. The van der Waals surface area contributed by atoms with Crippen LogP contribution in [0.25, 0.3) is 0 Å². The van der Waals surface area contributed by atoms with Crippen LogP contribution in [0.5, 0.6) is 0 Å². The van der Waals surface area contributed by atoms with Crippen molar-refractivity contribution in [3.05, 3.63) is 0 Å². The molecule has 0 unspecified atom stereocenters. The summed E-state index contributed by atoms with van der Waals surface area (Å²) in [4.78, 5) is 47.2. The van der Waals surface area contributed by atoms with Crippen LogP contribution in [-0.4, -0.2) is 49.3 Å². The number of carboxylic acids is 1. The molecule has 0 aliphatic rings. The van der Waals surface area contributed by atoms with Crippen molar-refractivity contribution in [2.45, 2.75) is 122 Å². The molecule has 0 aliphatic carbocycles. The van der Waals surface area contributed by atoms with Crippen LogP contribution in [0.2, 0.25) is 0 Å². The van der Waals surface area contributed by atoms with E-state index in [4.69, 9.17) is 9.84 Å². The fraction of sp³-hybridized carbons (Fsp3) is 0.846. The van der Waals surface area contributed by atoms with Gasteiger partial charge in [-0.2, -0.15) is 0 Å². The van der Waals surface area contributed by atoms with Crippen LogP contribution in [0.4, 0.5) is 0 Å². The molecule has 198 valence electrons. The molecule has 0 rings (SSSR count). The smallest absolute Gasteiger partial charge is 0.348 e. The molecule has 0 aromatic heterocycles. The van der Waals surface area contributed by atoms with Crippen molar-refractivity contribution in [1.29, 1.82) is 0 Å². The van der Waals surface area contributed by atoms with E-state index in [9.17, 15) is 19.2 Å². The van der Waals surface area contributed by atoms with Gasteiger partial charge < -0.3 is 19.3 Å². The summed E-state index contributed by atoms with van der Waals surface area (Å²) in [6.07, 6.45) is 15.9. The molecule has 34 heavy (non-hydrogen) atoms. The summed E-state index contributed by atoms with van der Waals surface area (Å²) in [5.74, 6) is -5.37. The Morgan fingerprint density at radius 3 is 1.44 bits per heavy atom. The van der Waals surface area contributed by atoms with Crippen molar-refractivity contribution in [2.24, 2.45) is 5.92 Å². The minimum Gasteiger partial charge on any atom is -0.481 e. The summed E-state index contributed by atoms with van der Waals surface area (Å²) >= 11 is 0. The van der Waals surface area contributed by atoms with E-state index in [0.29, 0.717) is 6.42 Å². The van der Waals surface area contributed by atoms with Crippen LogP contribution in [0.3, 0.4) is 0 Å². The minimum atomic E-state index is -1.64. The Hall–Kier alpha value is -2.12. The van der Waals surface area contributed by atoms with Gasteiger partial charge in [0, 0.05) is 6.42 Å². The van der Waals surface area contributed by atoms with Crippen LogP contribution in [0, 0.1) is 5.92 Å². The van der Waals surface area contributed by atoms with Gasteiger partial charge in [0.25, 0.3) is 0 Å². The standard InChI is InChI=1S/C26H46O8/c1-4-5-6-7-8-9-10-11-12-13-14-15-16-17-18-19-23(29)34-24(26(31)33-3)21(20-22(27)28)25(30)32-2/h21,24H,4-20H2,1-3H3,(H,27,28)/t21-,24+/m1/s1. The maximum absolute atomic E-state index is 12.2. The van der Waals surface area contributed by atoms with Crippen molar-refractivity contribution in [1.82, 2.24) is 0 Å². The predicted octanol–water partition coefficient (Wildman–Crippen LogP) is 5.60. The Balaban J connectivity index is 4.01. The lowest BCUT2D eigenvalue weighted by atomic mass is 9.98. The van der Waals surface area contributed by atoms with Crippen molar-refractivity contribution in [2.75, 3.05) is 14.2 Å². The Labute approximate surface area is 205 Å². The van der Waals surface area contributed by atoms with E-state index < -0.39 is 42.3 Å². The summed E-state index contributed by atoms with van der Waals surface area (Å²) < 4.78 is 14.3. The number of esters is 3. The zero-order chi connectivity index (χ0) is 25.6. The van der Waals surface area contributed by atoms with Crippen LogP contribution in [0.15, 0.2) is 0 Å². The molecule has 0 heterocycles. The molecule has 8 heteroatoms. The highest BCUT2D eigenvalue weighted by Crippen LogP contribution is 2.19. The topological polar surface area (TPSA) is 116 Å². The Morgan fingerprint density at radius 2 is 1.06 bits per heavy atom. The number of unbranched alkanes of at least 4 members (excludes halogenated alkanes) is 14. The van der Waals surface area contributed by atoms with Gasteiger partial charge in [-0.1, -0.05) is 96.8 Å². The summed E-state index contributed by atoms with van der Waals surface area (Å²) in [6, 6.07) is 0. The van der Waals surface area contributed by atoms with E-state index in [1.165, 1.54) is 70.6 Å². The number of carboxylic acid groups (broad SMARTS) is 1. The quantitative estimate of drug-likeness (QED) is 0.119. The highest BCUT2D eigenvalue weighted by atomic mass is 16.6. The molecule has 0 radical (unpaired) electrons. The van der Waals surface area contributed by atoms with Crippen LogP contribution >= 0.6 is 0 Å². The largest absolute Gasteiger partial charge is 0.481 e. The molecule has 0 aromatic carbocycles. The van der Waals surface area contributed by atoms with Crippen molar-refractivity contribution in [3.8, 4) is 0 Å². The van der Waals surface area contributed by atoms with Crippen molar-refractivity contribution >= 4 is 23.9 Å². The molecule has 0 aliphatic heterocycles. The Kier molecular flexibility index (Phi) is 20.1. The van der Waals surface area contributed by atoms with Gasteiger partial charge >= 0.3 is 23.9 Å².